The van der Waals surface area contributed by atoms with Gasteiger partial charge >= 0.3 is 0 Å². The van der Waals surface area contributed by atoms with Gasteiger partial charge in [-0.3, -0.25) is 10.1 Å². The zero-order chi connectivity index (χ0) is 15.4. The number of hydrogen-bond acceptors (Lipinski definition) is 4. The number of benzene rings is 2. The Morgan fingerprint density at radius 2 is 2.10 bits per heavy atom. The topological polar surface area (TPSA) is 64.4 Å². The summed E-state index contributed by atoms with van der Waals surface area (Å²) in [6.45, 7) is 0.354. The third-order valence-electron chi connectivity index (χ3n) is 2.87. The predicted molar refractivity (Wildman–Crippen MR) is 86.1 cm³/mol. The van der Waals surface area contributed by atoms with Crippen molar-refractivity contribution in [1.29, 1.82) is 0 Å². The second-order valence-corrected chi connectivity index (χ2v) is 5.55. The lowest BCUT2D eigenvalue weighted by Crippen LogP contribution is -2.02. The number of nitrogens with one attached hydrogen (secondary N) is 1. The van der Waals surface area contributed by atoms with Gasteiger partial charge in [0, 0.05) is 28.2 Å². The van der Waals surface area contributed by atoms with Crippen LogP contribution in [0.2, 0.25) is 5.02 Å². The minimum Gasteiger partial charge on any atom is -0.495 e. The lowest BCUT2D eigenvalue weighted by atomic mass is 10.2. The molecule has 1 N–H and O–H groups in total. The first-order valence-electron chi connectivity index (χ1n) is 6.01. The molecule has 0 aliphatic heterocycles. The minimum absolute atomic E-state index is 0.0115. The molecular formula is C14H12BrClN2O3. The van der Waals surface area contributed by atoms with E-state index in [1.54, 1.807) is 7.11 Å². The lowest BCUT2D eigenvalue weighted by Gasteiger charge is -2.12. The molecule has 0 aromatic heterocycles. The number of non-ortho nitro benzene ring substituents is 1. The maximum absolute atomic E-state index is 10.8. The van der Waals surface area contributed by atoms with Gasteiger partial charge in [-0.25, -0.2) is 0 Å². The van der Waals surface area contributed by atoms with Gasteiger partial charge in [0.2, 0.25) is 0 Å². The summed E-state index contributed by atoms with van der Waals surface area (Å²) >= 11 is 9.45. The van der Waals surface area contributed by atoms with E-state index in [0.29, 0.717) is 22.9 Å². The first kappa shape index (κ1) is 15.6. The van der Waals surface area contributed by atoms with E-state index in [2.05, 4.69) is 21.2 Å². The number of halogens is 2. The van der Waals surface area contributed by atoms with Crippen LogP contribution in [0.15, 0.2) is 40.9 Å². The molecular weight excluding hydrogens is 360 g/mol. The maximum Gasteiger partial charge on any atom is 0.269 e. The highest BCUT2D eigenvalue weighted by Crippen LogP contribution is 2.29. The van der Waals surface area contributed by atoms with Gasteiger partial charge in [-0.2, -0.15) is 0 Å². The minimum atomic E-state index is -0.445. The van der Waals surface area contributed by atoms with E-state index < -0.39 is 4.92 Å². The Hall–Kier alpha value is -1.79. The summed E-state index contributed by atoms with van der Waals surface area (Å²) in [7, 11) is 1.58. The molecule has 2 aromatic carbocycles. The van der Waals surface area contributed by atoms with Crippen molar-refractivity contribution in [3.8, 4) is 5.75 Å². The molecule has 0 aliphatic rings. The summed E-state index contributed by atoms with van der Waals surface area (Å²) in [4.78, 5) is 10.4. The first-order valence-corrected chi connectivity index (χ1v) is 7.18. The monoisotopic (exact) mass is 370 g/mol. The summed E-state index contributed by atoms with van der Waals surface area (Å²) in [5.74, 6) is 0.680. The van der Waals surface area contributed by atoms with Crippen LogP contribution in [0.3, 0.4) is 0 Å². The van der Waals surface area contributed by atoms with E-state index in [4.69, 9.17) is 16.3 Å². The number of nitrogens with zero attached hydrogens (tertiary/aromatic N) is 1. The molecule has 0 amide bonds. The molecule has 21 heavy (non-hydrogen) atoms. The highest BCUT2D eigenvalue weighted by Gasteiger charge is 2.10. The highest BCUT2D eigenvalue weighted by molar-refractivity contribution is 9.10. The van der Waals surface area contributed by atoms with E-state index in [-0.39, 0.29) is 5.69 Å². The fourth-order valence-electron chi connectivity index (χ4n) is 1.82. The lowest BCUT2D eigenvalue weighted by molar-refractivity contribution is -0.384. The Balaban J connectivity index is 2.22. The van der Waals surface area contributed by atoms with Crippen molar-refractivity contribution in [3.63, 3.8) is 0 Å². The molecule has 0 saturated heterocycles. The van der Waals surface area contributed by atoms with Crippen LogP contribution in [0.1, 0.15) is 5.56 Å². The quantitative estimate of drug-likeness (QED) is 0.614. The van der Waals surface area contributed by atoms with Crippen molar-refractivity contribution in [2.45, 2.75) is 6.54 Å². The Morgan fingerprint density at radius 1 is 1.33 bits per heavy atom. The fourth-order valence-corrected chi connectivity index (χ4v) is 2.36. The van der Waals surface area contributed by atoms with Crippen LogP contribution in [0.4, 0.5) is 11.4 Å². The Morgan fingerprint density at radius 3 is 2.76 bits per heavy atom. The van der Waals surface area contributed by atoms with Gasteiger partial charge in [0.1, 0.15) is 5.75 Å². The van der Waals surface area contributed by atoms with Gasteiger partial charge < -0.3 is 10.1 Å². The highest BCUT2D eigenvalue weighted by atomic mass is 79.9. The van der Waals surface area contributed by atoms with Crippen LogP contribution in [0, 0.1) is 10.1 Å². The zero-order valence-corrected chi connectivity index (χ0v) is 13.4. The van der Waals surface area contributed by atoms with Gasteiger partial charge in [-0.05, 0) is 29.8 Å². The molecule has 0 spiro atoms. The second kappa shape index (κ2) is 6.78. The Labute approximate surface area is 135 Å². The number of ether oxygens (including phenoxy) is 1. The first-order chi connectivity index (χ1) is 10.0. The van der Waals surface area contributed by atoms with Crippen LogP contribution in [-0.4, -0.2) is 12.0 Å². The van der Waals surface area contributed by atoms with Gasteiger partial charge in [0.05, 0.1) is 17.7 Å². The summed E-state index contributed by atoms with van der Waals surface area (Å²) < 4.78 is 6.16. The summed E-state index contributed by atoms with van der Waals surface area (Å²) in [6, 6.07) is 9.91. The third kappa shape index (κ3) is 3.86. The average Bonchev–Trinajstić information content (AvgIpc) is 2.46. The number of methoxy groups -OCH3 is 1. The second-order valence-electron chi connectivity index (χ2n) is 4.23. The van der Waals surface area contributed by atoms with E-state index in [9.17, 15) is 10.1 Å². The average molecular weight is 372 g/mol. The molecule has 0 saturated carbocycles. The zero-order valence-electron chi connectivity index (χ0n) is 11.1. The SMILES string of the molecule is COc1ccc(Br)cc1NCc1cc([N+](=O)[O-])ccc1Cl. The van der Waals surface area contributed by atoms with Gasteiger partial charge in [0.15, 0.2) is 0 Å². The largest absolute Gasteiger partial charge is 0.495 e. The van der Waals surface area contributed by atoms with Gasteiger partial charge in [-0.15, -0.1) is 0 Å². The number of hydrogen-bond donors (Lipinski definition) is 1. The summed E-state index contributed by atoms with van der Waals surface area (Å²) in [5.41, 5.74) is 1.43. The van der Waals surface area contributed by atoms with E-state index in [0.717, 1.165) is 10.2 Å². The molecule has 0 aliphatic carbocycles. The summed E-state index contributed by atoms with van der Waals surface area (Å²) in [5, 5.41) is 14.4. The molecule has 5 nitrogen and oxygen atoms in total. The molecule has 7 heteroatoms. The molecule has 110 valence electrons. The van der Waals surface area contributed by atoms with E-state index in [1.165, 1.54) is 18.2 Å². The molecule has 0 radical (unpaired) electrons. The van der Waals surface area contributed by atoms with Gasteiger partial charge in [-0.1, -0.05) is 27.5 Å². The van der Waals surface area contributed by atoms with Crippen molar-refractivity contribution in [2.24, 2.45) is 0 Å². The number of nitro groups is 1. The van der Waals surface area contributed by atoms with E-state index >= 15 is 0 Å². The number of nitro benzene ring substituents is 1. The molecule has 0 bridgehead atoms. The summed E-state index contributed by atoms with van der Waals surface area (Å²) in [6.07, 6.45) is 0. The normalized spacial score (nSPS) is 10.2. The number of rotatable bonds is 5. The molecule has 2 rings (SSSR count). The maximum atomic E-state index is 10.8. The molecule has 2 aromatic rings. The third-order valence-corrected chi connectivity index (χ3v) is 3.73. The molecule has 0 fully saturated rings. The van der Waals surface area contributed by atoms with Crippen LogP contribution in [-0.2, 0) is 6.54 Å². The van der Waals surface area contributed by atoms with E-state index in [1.807, 2.05) is 18.2 Å². The van der Waals surface area contributed by atoms with Crippen LogP contribution >= 0.6 is 27.5 Å². The van der Waals surface area contributed by atoms with Crippen molar-refractivity contribution in [1.82, 2.24) is 0 Å². The van der Waals surface area contributed by atoms with Crippen LogP contribution in [0.25, 0.3) is 0 Å². The van der Waals surface area contributed by atoms with Crippen LogP contribution in [0.5, 0.6) is 5.75 Å². The molecule has 0 atom stereocenters. The molecule has 0 heterocycles. The predicted octanol–water partition coefficient (Wildman–Crippen LogP) is 4.63. The van der Waals surface area contributed by atoms with Crippen molar-refractivity contribution in [2.75, 3.05) is 12.4 Å². The standard InChI is InChI=1S/C14H12BrClN2O3/c1-21-14-5-2-10(15)7-13(14)17-8-9-6-11(18(19)20)3-4-12(9)16/h2-7,17H,8H2,1H3. The fraction of sp³-hybridized carbons (Fsp3) is 0.143. The van der Waals surface area contributed by atoms with Crippen molar-refractivity contribution in [3.05, 3.63) is 61.6 Å². The van der Waals surface area contributed by atoms with Gasteiger partial charge in [0.25, 0.3) is 5.69 Å². The van der Waals surface area contributed by atoms with Crippen LogP contribution < -0.4 is 10.1 Å². The smallest absolute Gasteiger partial charge is 0.269 e. The Bertz CT molecular complexity index is 679. The Kier molecular flexibility index (Phi) is 5.03. The van der Waals surface area contributed by atoms with Crippen molar-refractivity contribution < 1.29 is 9.66 Å². The number of anilines is 1. The molecule has 0 unspecified atom stereocenters. The van der Waals surface area contributed by atoms with Crippen molar-refractivity contribution >= 4 is 38.9 Å².